The quantitative estimate of drug-likeness (QED) is 0.788. The lowest BCUT2D eigenvalue weighted by Gasteiger charge is -2.08. The van der Waals surface area contributed by atoms with E-state index in [4.69, 9.17) is 4.42 Å². The largest absolute Gasteiger partial charge is 0.467 e. The number of halogens is 1. The first-order valence-corrected chi connectivity index (χ1v) is 6.43. The number of pyridine rings is 1. The number of hydrogen-bond acceptors (Lipinski definition) is 3. The van der Waals surface area contributed by atoms with Crippen molar-refractivity contribution in [2.75, 3.05) is 5.32 Å². The third-order valence-electron chi connectivity index (χ3n) is 2.76. The number of aromatic nitrogens is 1. The van der Waals surface area contributed by atoms with Crippen LogP contribution in [-0.2, 0) is 6.54 Å². The van der Waals surface area contributed by atoms with E-state index in [0.717, 1.165) is 26.8 Å². The summed E-state index contributed by atoms with van der Waals surface area (Å²) in [6, 6.07) is 11.9. The second-order valence-electron chi connectivity index (χ2n) is 3.93. The van der Waals surface area contributed by atoms with Gasteiger partial charge >= 0.3 is 0 Å². The molecule has 0 saturated heterocycles. The first kappa shape index (κ1) is 11.3. The van der Waals surface area contributed by atoms with Gasteiger partial charge in [0.1, 0.15) is 11.6 Å². The first-order valence-electron chi connectivity index (χ1n) is 5.64. The molecular formula is C14H11BrN2O. The van der Waals surface area contributed by atoms with Gasteiger partial charge in [-0.25, -0.2) is 4.98 Å². The van der Waals surface area contributed by atoms with E-state index in [1.54, 1.807) is 12.5 Å². The number of benzene rings is 1. The van der Waals surface area contributed by atoms with Crippen LogP contribution in [0, 0.1) is 0 Å². The fourth-order valence-corrected chi connectivity index (χ4v) is 2.39. The lowest BCUT2D eigenvalue weighted by molar-refractivity contribution is 0.518. The molecule has 3 aromatic rings. The molecule has 90 valence electrons. The maximum atomic E-state index is 5.29. The number of fused-ring (bicyclic) bond motifs is 1. The van der Waals surface area contributed by atoms with Crippen LogP contribution in [0.2, 0.25) is 0 Å². The van der Waals surface area contributed by atoms with E-state index < -0.39 is 0 Å². The summed E-state index contributed by atoms with van der Waals surface area (Å²) in [6.45, 7) is 0.631. The predicted octanol–water partition coefficient (Wildman–Crippen LogP) is 4.20. The highest BCUT2D eigenvalue weighted by atomic mass is 79.9. The van der Waals surface area contributed by atoms with Gasteiger partial charge in [-0.3, -0.25) is 0 Å². The summed E-state index contributed by atoms with van der Waals surface area (Å²) < 4.78 is 6.36. The van der Waals surface area contributed by atoms with Crippen molar-refractivity contribution < 1.29 is 4.42 Å². The Hall–Kier alpha value is -1.81. The molecule has 0 radical (unpaired) electrons. The molecule has 2 heterocycles. The molecule has 18 heavy (non-hydrogen) atoms. The lowest BCUT2D eigenvalue weighted by Crippen LogP contribution is -2.00. The van der Waals surface area contributed by atoms with Gasteiger partial charge in [-0.15, -0.1) is 0 Å². The molecule has 0 saturated carbocycles. The van der Waals surface area contributed by atoms with Crippen molar-refractivity contribution in [3.8, 4) is 0 Å². The normalized spacial score (nSPS) is 10.7. The van der Waals surface area contributed by atoms with Crippen LogP contribution in [0.3, 0.4) is 0 Å². The zero-order valence-corrected chi connectivity index (χ0v) is 11.1. The lowest BCUT2D eigenvalue weighted by atomic mass is 10.1. The van der Waals surface area contributed by atoms with Crippen molar-refractivity contribution in [1.82, 2.24) is 4.98 Å². The summed E-state index contributed by atoms with van der Waals surface area (Å²) in [5.74, 6) is 1.76. The molecule has 2 aromatic heterocycles. The van der Waals surface area contributed by atoms with Crippen LogP contribution in [0.4, 0.5) is 5.82 Å². The average molecular weight is 303 g/mol. The van der Waals surface area contributed by atoms with Crippen molar-refractivity contribution >= 4 is 32.5 Å². The van der Waals surface area contributed by atoms with Crippen molar-refractivity contribution in [2.45, 2.75) is 6.54 Å². The van der Waals surface area contributed by atoms with Gasteiger partial charge in [-0.05, 0) is 24.3 Å². The van der Waals surface area contributed by atoms with Crippen LogP contribution in [0.15, 0.2) is 57.7 Å². The molecule has 3 rings (SSSR count). The minimum atomic E-state index is 0.631. The van der Waals surface area contributed by atoms with Crippen LogP contribution in [0.5, 0.6) is 0 Å². The Morgan fingerprint density at radius 1 is 1.11 bits per heavy atom. The third kappa shape index (κ3) is 2.11. The first-order chi connectivity index (χ1) is 8.84. The molecule has 0 aliphatic rings. The smallest absolute Gasteiger partial charge is 0.134 e. The molecule has 4 heteroatoms. The van der Waals surface area contributed by atoms with Crippen LogP contribution in [0.25, 0.3) is 10.8 Å². The van der Waals surface area contributed by atoms with E-state index in [1.165, 1.54) is 0 Å². The molecule has 0 spiro atoms. The number of nitrogens with one attached hydrogen (secondary N) is 1. The molecule has 0 unspecified atom stereocenters. The zero-order valence-electron chi connectivity index (χ0n) is 9.56. The molecule has 0 bridgehead atoms. The van der Waals surface area contributed by atoms with Gasteiger partial charge in [-0.2, -0.15) is 0 Å². The van der Waals surface area contributed by atoms with Crippen LogP contribution in [-0.4, -0.2) is 4.98 Å². The van der Waals surface area contributed by atoms with Crippen LogP contribution < -0.4 is 5.32 Å². The van der Waals surface area contributed by atoms with E-state index in [1.807, 2.05) is 30.3 Å². The summed E-state index contributed by atoms with van der Waals surface area (Å²) in [6.07, 6.45) is 3.47. The second-order valence-corrected chi connectivity index (χ2v) is 4.78. The van der Waals surface area contributed by atoms with Gasteiger partial charge in [0.25, 0.3) is 0 Å². The summed E-state index contributed by atoms with van der Waals surface area (Å²) in [7, 11) is 0. The van der Waals surface area contributed by atoms with Gasteiger partial charge in [0.2, 0.25) is 0 Å². The molecule has 1 N–H and O–H groups in total. The van der Waals surface area contributed by atoms with E-state index in [9.17, 15) is 0 Å². The summed E-state index contributed by atoms with van der Waals surface area (Å²) in [4.78, 5) is 4.37. The minimum Gasteiger partial charge on any atom is -0.467 e. The van der Waals surface area contributed by atoms with Gasteiger partial charge in [0.05, 0.1) is 12.8 Å². The Morgan fingerprint density at radius 2 is 2.06 bits per heavy atom. The summed E-state index contributed by atoms with van der Waals surface area (Å²) in [5.41, 5.74) is 0. The van der Waals surface area contributed by atoms with Crippen molar-refractivity contribution in [2.24, 2.45) is 0 Å². The van der Waals surface area contributed by atoms with Crippen molar-refractivity contribution in [1.29, 1.82) is 0 Å². The Labute approximate surface area is 113 Å². The Bertz CT molecular complexity index is 665. The number of rotatable bonds is 3. The average Bonchev–Trinajstić information content (AvgIpc) is 2.90. The number of nitrogens with zero attached hydrogens (tertiary/aromatic N) is 1. The molecule has 1 aromatic carbocycles. The van der Waals surface area contributed by atoms with E-state index in [2.05, 4.69) is 32.3 Å². The van der Waals surface area contributed by atoms with Crippen LogP contribution in [0.1, 0.15) is 5.76 Å². The highest BCUT2D eigenvalue weighted by molar-refractivity contribution is 9.10. The molecule has 0 fully saturated rings. The number of anilines is 1. The Morgan fingerprint density at radius 3 is 2.89 bits per heavy atom. The Balaban J connectivity index is 1.94. The summed E-state index contributed by atoms with van der Waals surface area (Å²) in [5, 5.41) is 5.53. The van der Waals surface area contributed by atoms with E-state index in [0.29, 0.717) is 6.54 Å². The topological polar surface area (TPSA) is 38.1 Å². The fourth-order valence-electron chi connectivity index (χ4n) is 1.89. The molecular weight excluding hydrogens is 292 g/mol. The standard InChI is InChI=1S/C14H11BrN2O/c15-13-5-1-4-12-11(13)6-7-16-14(12)17-9-10-3-2-8-18-10/h1-8H,9H2,(H,16,17). The van der Waals surface area contributed by atoms with Crippen molar-refractivity contribution in [3.05, 3.63) is 59.1 Å². The van der Waals surface area contributed by atoms with Gasteiger partial charge < -0.3 is 9.73 Å². The van der Waals surface area contributed by atoms with Gasteiger partial charge in [-0.1, -0.05) is 28.1 Å². The maximum absolute atomic E-state index is 5.29. The highest BCUT2D eigenvalue weighted by Crippen LogP contribution is 2.27. The van der Waals surface area contributed by atoms with Gasteiger partial charge in [0, 0.05) is 21.4 Å². The second kappa shape index (κ2) is 4.82. The monoisotopic (exact) mass is 302 g/mol. The third-order valence-corrected chi connectivity index (χ3v) is 3.45. The molecule has 0 aliphatic heterocycles. The number of furan rings is 1. The highest BCUT2D eigenvalue weighted by Gasteiger charge is 2.04. The van der Waals surface area contributed by atoms with Gasteiger partial charge in [0.15, 0.2) is 0 Å². The van der Waals surface area contributed by atoms with Crippen LogP contribution >= 0.6 is 15.9 Å². The number of hydrogen-bond donors (Lipinski definition) is 1. The molecule has 0 aliphatic carbocycles. The molecule has 0 amide bonds. The fraction of sp³-hybridized carbons (Fsp3) is 0.0714. The maximum Gasteiger partial charge on any atom is 0.134 e. The van der Waals surface area contributed by atoms with E-state index in [-0.39, 0.29) is 0 Å². The molecule has 3 nitrogen and oxygen atoms in total. The predicted molar refractivity (Wildman–Crippen MR) is 75.5 cm³/mol. The Kier molecular flexibility index (Phi) is 3.02. The zero-order chi connectivity index (χ0) is 12.4. The van der Waals surface area contributed by atoms with E-state index >= 15 is 0 Å². The SMILES string of the molecule is Brc1cccc2c(NCc3ccco3)nccc12. The summed E-state index contributed by atoms with van der Waals surface area (Å²) >= 11 is 3.55. The minimum absolute atomic E-state index is 0.631. The van der Waals surface area contributed by atoms with Crippen molar-refractivity contribution in [3.63, 3.8) is 0 Å². The molecule has 0 atom stereocenters.